The highest BCUT2D eigenvalue weighted by molar-refractivity contribution is 7.17. The van der Waals surface area contributed by atoms with Gasteiger partial charge in [-0.3, -0.25) is 9.69 Å². The Balaban J connectivity index is 1.80. The number of rotatable bonds is 3. The molecule has 4 rings (SSSR count). The van der Waals surface area contributed by atoms with Crippen LogP contribution in [0.15, 0.2) is 33.0 Å². The molecule has 1 fully saturated rings. The van der Waals surface area contributed by atoms with E-state index >= 15 is 0 Å². The lowest BCUT2D eigenvalue weighted by molar-refractivity contribution is 0.253. The Bertz CT molecular complexity index is 844. The molecule has 0 spiro atoms. The van der Waals surface area contributed by atoms with Crippen LogP contribution in [-0.2, 0) is 0 Å². The molecule has 3 aromatic heterocycles. The fourth-order valence-corrected chi connectivity index (χ4v) is 4.01. The van der Waals surface area contributed by atoms with Crippen molar-refractivity contribution in [2.24, 2.45) is 0 Å². The number of hydrogen-bond acceptors (Lipinski definition) is 5. The fraction of sp³-hybridized carbons (Fsp3) is 0.375. The van der Waals surface area contributed by atoms with Gasteiger partial charge in [0.1, 0.15) is 16.4 Å². The third kappa shape index (κ3) is 2.19. The number of H-pyrrole nitrogens is 1. The molecule has 1 saturated heterocycles. The van der Waals surface area contributed by atoms with E-state index in [0.717, 1.165) is 29.3 Å². The number of nitrogens with one attached hydrogen (secondary N) is 1. The first kappa shape index (κ1) is 13.7. The minimum absolute atomic E-state index is 0.0845. The largest absolute Gasteiger partial charge is 0.464 e. The van der Waals surface area contributed by atoms with Crippen LogP contribution in [0.3, 0.4) is 0 Å². The number of furan rings is 1. The normalized spacial score (nSPS) is 17.3. The van der Waals surface area contributed by atoms with Crippen molar-refractivity contribution in [1.29, 1.82) is 0 Å². The third-order valence-corrected chi connectivity index (χ3v) is 5.21. The van der Waals surface area contributed by atoms with E-state index < -0.39 is 0 Å². The molecule has 0 aliphatic carbocycles. The first-order valence-electron chi connectivity index (χ1n) is 7.53. The molecule has 5 nitrogen and oxygen atoms in total. The Morgan fingerprint density at radius 2 is 2.23 bits per heavy atom. The second-order valence-electron chi connectivity index (χ2n) is 5.68. The molecule has 0 radical (unpaired) electrons. The number of thiophene rings is 1. The van der Waals surface area contributed by atoms with Gasteiger partial charge in [-0.05, 0) is 45.0 Å². The Kier molecular flexibility index (Phi) is 3.35. The smallest absolute Gasteiger partial charge is 0.260 e. The number of likely N-dealkylation sites (tertiary alicyclic amines) is 1. The van der Waals surface area contributed by atoms with E-state index in [0.29, 0.717) is 11.1 Å². The Hall–Kier alpha value is -1.92. The van der Waals surface area contributed by atoms with Crippen LogP contribution in [0.1, 0.15) is 31.6 Å². The minimum Gasteiger partial charge on any atom is -0.464 e. The zero-order valence-corrected chi connectivity index (χ0v) is 13.2. The van der Waals surface area contributed by atoms with Crippen LogP contribution in [0.25, 0.3) is 21.5 Å². The first-order valence-corrected chi connectivity index (χ1v) is 8.41. The number of fused-ring (bicyclic) bond motifs is 1. The van der Waals surface area contributed by atoms with Crippen LogP contribution in [-0.4, -0.2) is 28.0 Å². The lowest BCUT2D eigenvalue weighted by Crippen LogP contribution is -2.26. The van der Waals surface area contributed by atoms with E-state index in [1.165, 1.54) is 24.2 Å². The third-order valence-electron chi connectivity index (χ3n) is 4.33. The van der Waals surface area contributed by atoms with E-state index in [2.05, 4.69) is 16.8 Å². The van der Waals surface area contributed by atoms with Gasteiger partial charge in [0.2, 0.25) is 0 Å². The molecule has 1 N–H and O–H groups in total. The molecular weight excluding hydrogens is 298 g/mol. The monoisotopic (exact) mass is 315 g/mol. The molecule has 1 aliphatic heterocycles. The summed E-state index contributed by atoms with van der Waals surface area (Å²) in [7, 11) is 0. The van der Waals surface area contributed by atoms with Crippen LogP contribution in [0.2, 0.25) is 0 Å². The minimum atomic E-state index is -0.0845. The molecule has 0 amide bonds. The average Bonchev–Trinajstić information content (AvgIpc) is 3.25. The molecule has 1 unspecified atom stereocenters. The summed E-state index contributed by atoms with van der Waals surface area (Å²) in [4.78, 5) is 23.4. The molecule has 0 bridgehead atoms. The lowest BCUT2D eigenvalue weighted by Gasteiger charge is -2.22. The van der Waals surface area contributed by atoms with Gasteiger partial charge in [0.15, 0.2) is 0 Å². The van der Waals surface area contributed by atoms with E-state index in [-0.39, 0.29) is 11.6 Å². The van der Waals surface area contributed by atoms with Gasteiger partial charge in [-0.15, -0.1) is 11.3 Å². The standard InChI is InChI=1S/C16H17N3O2S/c1-10(19-6-2-3-7-19)14-17-15(20)13-11(9-22-16(13)18-14)12-5-4-8-21-12/h4-5,8-10H,2-3,6-7H2,1H3,(H,17,18,20). The molecule has 6 heteroatoms. The highest BCUT2D eigenvalue weighted by Crippen LogP contribution is 2.32. The topological polar surface area (TPSA) is 62.1 Å². The summed E-state index contributed by atoms with van der Waals surface area (Å²) in [5, 5.41) is 2.56. The van der Waals surface area contributed by atoms with E-state index in [1.54, 1.807) is 6.26 Å². The number of aromatic nitrogens is 2. The van der Waals surface area contributed by atoms with E-state index in [9.17, 15) is 4.79 Å². The average molecular weight is 315 g/mol. The number of nitrogens with zero attached hydrogens (tertiary/aromatic N) is 2. The van der Waals surface area contributed by atoms with Crippen molar-refractivity contribution in [3.05, 3.63) is 40.0 Å². The van der Waals surface area contributed by atoms with Crippen LogP contribution >= 0.6 is 11.3 Å². The van der Waals surface area contributed by atoms with Crippen molar-refractivity contribution in [3.63, 3.8) is 0 Å². The summed E-state index contributed by atoms with van der Waals surface area (Å²) in [5.41, 5.74) is 0.734. The summed E-state index contributed by atoms with van der Waals surface area (Å²) in [6.07, 6.45) is 4.06. The summed E-state index contributed by atoms with van der Waals surface area (Å²) in [6.45, 7) is 4.26. The van der Waals surface area contributed by atoms with Crippen molar-refractivity contribution in [2.75, 3.05) is 13.1 Å². The molecule has 1 aliphatic rings. The summed E-state index contributed by atoms with van der Waals surface area (Å²) in [6, 6.07) is 3.83. The molecule has 0 saturated carbocycles. The first-order chi connectivity index (χ1) is 10.7. The summed E-state index contributed by atoms with van der Waals surface area (Å²) < 4.78 is 5.42. The van der Waals surface area contributed by atoms with Crippen LogP contribution in [0, 0.1) is 0 Å². The van der Waals surface area contributed by atoms with Gasteiger partial charge in [0.05, 0.1) is 17.7 Å². The highest BCUT2D eigenvalue weighted by atomic mass is 32.1. The number of aromatic amines is 1. The second-order valence-corrected chi connectivity index (χ2v) is 6.54. The zero-order valence-electron chi connectivity index (χ0n) is 12.3. The molecule has 0 aromatic carbocycles. The van der Waals surface area contributed by atoms with Crippen molar-refractivity contribution in [2.45, 2.75) is 25.8 Å². The Labute approximate surface area is 131 Å². The van der Waals surface area contributed by atoms with Gasteiger partial charge in [-0.2, -0.15) is 0 Å². The molecule has 4 heterocycles. The quantitative estimate of drug-likeness (QED) is 0.804. The Morgan fingerprint density at radius 1 is 1.41 bits per heavy atom. The highest BCUT2D eigenvalue weighted by Gasteiger charge is 2.23. The van der Waals surface area contributed by atoms with Crippen LogP contribution in [0.4, 0.5) is 0 Å². The maximum absolute atomic E-state index is 12.5. The van der Waals surface area contributed by atoms with Crippen molar-refractivity contribution in [1.82, 2.24) is 14.9 Å². The summed E-state index contributed by atoms with van der Waals surface area (Å²) in [5.74, 6) is 1.46. The van der Waals surface area contributed by atoms with Crippen LogP contribution in [0.5, 0.6) is 0 Å². The van der Waals surface area contributed by atoms with Crippen molar-refractivity contribution >= 4 is 21.6 Å². The van der Waals surface area contributed by atoms with Crippen molar-refractivity contribution in [3.8, 4) is 11.3 Å². The maximum Gasteiger partial charge on any atom is 0.260 e. The van der Waals surface area contributed by atoms with Gasteiger partial charge in [0.25, 0.3) is 5.56 Å². The summed E-state index contributed by atoms with van der Waals surface area (Å²) >= 11 is 1.49. The lowest BCUT2D eigenvalue weighted by atomic mass is 10.2. The molecule has 1 atom stereocenters. The predicted molar refractivity (Wildman–Crippen MR) is 87.2 cm³/mol. The van der Waals surface area contributed by atoms with Gasteiger partial charge < -0.3 is 9.40 Å². The molecule has 22 heavy (non-hydrogen) atoms. The van der Waals surface area contributed by atoms with Crippen LogP contribution < -0.4 is 5.56 Å². The SMILES string of the molecule is CC(c1nc2scc(-c3ccco3)c2c(=O)[nH]1)N1CCCC1. The van der Waals surface area contributed by atoms with E-state index in [4.69, 9.17) is 9.40 Å². The Morgan fingerprint density at radius 3 is 2.95 bits per heavy atom. The van der Waals surface area contributed by atoms with E-state index in [1.807, 2.05) is 17.5 Å². The van der Waals surface area contributed by atoms with Gasteiger partial charge >= 0.3 is 0 Å². The van der Waals surface area contributed by atoms with Gasteiger partial charge in [0, 0.05) is 10.9 Å². The zero-order chi connectivity index (χ0) is 15.1. The number of hydrogen-bond donors (Lipinski definition) is 1. The molecule has 114 valence electrons. The molecule has 3 aromatic rings. The van der Waals surface area contributed by atoms with Gasteiger partial charge in [-0.25, -0.2) is 4.98 Å². The molecular formula is C16H17N3O2S. The second kappa shape index (κ2) is 5.37. The van der Waals surface area contributed by atoms with Crippen molar-refractivity contribution < 1.29 is 4.42 Å². The van der Waals surface area contributed by atoms with Gasteiger partial charge in [-0.1, -0.05) is 0 Å². The maximum atomic E-state index is 12.5. The predicted octanol–water partition coefficient (Wildman–Crippen LogP) is 3.40. The fourth-order valence-electron chi connectivity index (χ4n) is 3.08.